The smallest absolute Gasteiger partial charge is 0.407 e. The number of nitrogens with two attached hydrogens (primary N) is 3. The van der Waals surface area contributed by atoms with Crippen molar-refractivity contribution in [1.29, 1.82) is 0 Å². The first-order valence-electron chi connectivity index (χ1n) is 17.7. The van der Waals surface area contributed by atoms with Crippen molar-refractivity contribution in [3.8, 4) is 11.1 Å². The van der Waals surface area contributed by atoms with Gasteiger partial charge in [0.15, 0.2) is 5.96 Å². The van der Waals surface area contributed by atoms with Crippen LogP contribution in [0.4, 0.5) is 4.79 Å². The molecular formula is C37H52N8O8. The van der Waals surface area contributed by atoms with Gasteiger partial charge in [-0.25, -0.2) is 9.59 Å². The van der Waals surface area contributed by atoms with Crippen LogP contribution < -0.4 is 38.5 Å². The maximum absolute atomic E-state index is 13.7. The van der Waals surface area contributed by atoms with Crippen molar-refractivity contribution >= 4 is 41.7 Å². The number of aliphatic carboxylic acids is 1. The van der Waals surface area contributed by atoms with Crippen LogP contribution in [-0.4, -0.2) is 84.1 Å². The number of hydrogen-bond donors (Lipinski definition) is 8. The Balaban J connectivity index is 1.71. The number of carbonyl (C=O) groups excluding carboxylic acids is 5. The second-order valence-corrected chi connectivity index (χ2v) is 13.6. The molecule has 0 bridgehead atoms. The number of nitrogens with zero attached hydrogens (tertiary/aromatic N) is 1. The van der Waals surface area contributed by atoms with Crippen LogP contribution >= 0.6 is 0 Å². The van der Waals surface area contributed by atoms with Gasteiger partial charge in [-0.05, 0) is 53.4 Å². The number of fused-ring (bicyclic) bond motifs is 3. The monoisotopic (exact) mass is 736 g/mol. The Morgan fingerprint density at radius 3 is 1.87 bits per heavy atom. The summed E-state index contributed by atoms with van der Waals surface area (Å²) >= 11 is 0. The number of rotatable bonds is 20. The summed E-state index contributed by atoms with van der Waals surface area (Å²) in [5, 5.41) is 19.8. The second-order valence-electron chi connectivity index (χ2n) is 13.6. The maximum atomic E-state index is 13.7. The van der Waals surface area contributed by atoms with Gasteiger partial charge in [0.1, 0.15) is 30.8 Å². The molecule has 2 aromatic rings. The number of primary amides is 1. The first-order valence-corrected chi connectivity index (χ1v) is 17.7. The molecule has 11 N–H and O–H groups in total. The summed E-state index contributed by atoms with van der Waals surface area (Å²) in [5.74, 6) is -5.57. The third-order valence-corrected chi connectivity index (χ3v) is 9.05. The molecular weight excluding hydrogens is 684 g/mol. The number of amides is 5. The molecule has 0 heterocycles. The molecule has 1 aliphatic rings. The predicted octanol–water partition coefficient (Wildman–Crippen LogP) is 1.45. The van der Waals surface area contributed by atoms with Crippen LogP contribution in [0.3, 0.4) is 0 Å². The molecule has 0 spiro atoms. The fourth-order valence-corrected chi connectivity index (χ4v) is 6.15. The largest absolute Gasteiger partial charge is 0.480 e. The zero-order valence-electron chi connectivity index (χ0n) is 30.6. The van der Waals surface area contributed by atoms with Crippen LogP contribution in [0.15, 0.2) is 53.5 Å². The Hall–Kier alpha value is -5.67. The lowest BCUT2D eigenvalue weighted by atomic mass is 9.97. The van der Waals surface area contributed by atoms with Gasteiger partial charge in [0.25, 0.3) is 0 Å². The Morgan fingerprint density at radius 2 is 1.34 bits per heavy atom. The minimum atomic E-state index is -1.52. The minimum Gasteiger partial charge on any atom is -0.480 e. The van der Waals surface area contributed by atoms with Crippen molar-refractivity contribution in [3.05, 3.63) is 59.7 Å². The Bertz CT molecular complexity index is 1620. The first kappa shape index (κ1) is 41.7. The summed E-state index contributed by atoms with van der Waals surface area (Å²) in [6.45, 7) is 7.31. The van der Waals surface area contributed by atoms with Crippen molar-refractivity contribution in [2.45, 2.75) is 89.9 Å². The SMILES string of the molecule is CC[C@H](C)[C@H](NC(=O)OCC1c2ccccc2-c2ccccc21)C(=O)N[C@@H](CC(N)=O)C(=O)N[C@@H](CC(C)C)C(=O)N[C@@H](CCCN=C(N)N)C(=O)O. The van der Waals surface area contributed by atoms with E-state index in [-0.39, 0.29) is 50.2 Å². The lowest BCUT2D eigenvalue weighted by Crippen LogP contribution is -2.59. The molecule has 5 amide bonds. The molecule has 16 heteroatoms. The zero-order chi connectivity index (χ0) is 39.2. The molecule has 1 aliphatic carbocycles. The Labute approximate surface area is 309 Å². The van der Waals surface area contributed by atoms with Gasteiger partial charge in [-0.1, -0.05) is 82.6 Å². The molecule has 2 aromatic carbocycles. The van der Waals surface area contributed by atoms with E-state index in [1.165, 1.54) is 0 Å². The number of guanidine groups is 1. The molecule has 0 saturated heterocycles. The number of benzene rings is 2. The predicted molar refractivity (Wildman–Crippen MR) is 198 cm³/mol. The molecule has 3 rings (SSSR count). The van der Waals surface area contributed by atoms with Crippen molar-refractivity contribution in [2.24, 2.45) is 34.0 Å². The van der Waals surface area contributed by atoms with Gasteiger partial charge in [-0.2, -0.15) is 0 Å². The molecule has 0 fully saturated rings. The van der Waals surface area contributed by atoms with E-state index >= 15 is 0 Å². The maximum Gasteiger partial charge on any atom is 0.407 e. The van der Waals surface area contributed by atoms with E-state index in [0.717, 1.165) is 22.3 Å². The summed E-state index contributed by atoms with van der Waals surface area (Å²) < 4.78 is 5.65. The van der Waals surface area contributed by atoms with E-state index in [4.69, 9.17) is 21.9 Å². The van der Waals surface area contributed by atoms with E-state index in [2.05, 4.69) is 26.3 Å². The van der Waals surface area contributed by atoms with E-state index in [0.29, 0.717) is 6.42 Å². The van der Waals surface area contributed by atoms with Crippen molar-refractivity contribution < 1.29 is 38.6 Å². The van der Waals surface area contributed by atoms with E-state index in [1.807, 2.05) is 55.5 Å². The summed E-state index contributed by atoms with van der Waals surface area (Å²) in [7, 11) is 0. The van der Waals surface area contributed by atoms with Gasteiger partial charge < -0.3 is 48.3 Å². The van der Waals surface area contributed by atoms with Crippen LogP contribution in [0.25, 0.3) is 11.1 Å². The van der Waals surface area contributed by atoms with E-state index < -0.39 is 72.2 Å². The molecule has 0 aromatic heterocycles. The lowest BCUT2D eigenvalue weighted by Gasteiger charge is -2.28. The summed E-state index contributed by atoms with van der Waals surface area (Å²) in [4.78, 5) is 81.4. The fraction of sp³-hybridized carbons (Fsp3) is 0.486. The fourth-order valence-electron chi connectivity index (χ4n) is 6.15. The summed E-state index contributed by atoms with van der Waals surface area (Å²) in [6, 6.07) is 10.5. The summed E-state index contributed by atoms with van der Waals surface area (Å²) in [5.41, 5.74) is 20.2. The molecule has 5 atom stereocenters. The molecule has 0 radical (unpaired) electrons. The van der Waals surface area contributed by atoms with Gasteiger partial charge >= 0.3 is 12.1 Å². The van der Waals surface area contributed by atoms with Crippen LogP contribution in [0.5, 0.6) is 0 Å². The highest BCUT2D eigenvalue weighted by atomic mass is 16.5. The first-order chi connectivity index (χ1) is 25.1. The number of carboxylic acid groups (broad SMARTS) is 1. The number of ether oxygens (including phenoxy) is 1. The van der Waals surface area contributed by atoms with Crippen molar-refractivity contribution in [1.82, 2.24) is 21.3 Å². The third kappa shape index (κ3) is 12.2. The number of carboxylic acids is 1. The Morgan fingerprint density at radius 1 is 0.792 bits per heavy atom. The van der Waals surface area contributed by atoms with Gasteiger partial charge in [0, 0.05) is 12.5 Å². The highest BCUT2D eigenvalue weighted by Gasteiger charge is 2.35. The highest BCUT2D eigenvalue weighted by Crippen LogP contribution is 2.44. The number of aliphatic imine (C=N–C) groups is 1. The molecule has 0 unspecified atom stereocenters. The van der Waals surface area contributed by atoms with Gasteiger partial charge in [-0.15, -0.1) is 0 Å². The van der Waals surface area contributed by atoms with E-state index in [9.17, 15) is 33.9 Å². The van der Waals surface area contributed by atoms with E-state index in [1.54, 1.807) is 20.8 Å². The molecule has 0 aliphatic heterocycles. The summed E-state index contributed by atoms with van der Waals surface area (Å²) in [6.07, 6.45) is -0.633. The van der Waals surface area contributed by atoms with Gasteiger partial charge in [0.05, 0.1) is 6.42 Å². The van der Waals surface area contributed by atoms with Gasteiger partial charge in [0.2, 0.25) is 23.6 Å². The van der Waals surface area contributed by atoms with Crippen LogP contribution in [0.2, 0.25) is 0 Å². The normalized spacial score (nSPS) is 14.7. The molecule has 16 nitrogen and oxygen atoms in total. The van der Waals surface area contributed by atoms with Crippen LogP contribution in [0, 0.1) is 11.8 Å². The number of carbonyl (C=O) groups is 6. The topological polar surface area (TPSA) is 270 Å². The number of alkyl carbamates (subject to hydrolysis) is 1. The van der Waals surface area contributed by atoms with Crippen molar-refractivity contribution in [2.75, 3.05) is 13.2 Å². The van der Waals surface area contributed by atoms with Crippen LogP contribution in [-0.2, 0) is 28.7 Å². The number of hydrogen-bond acceptors (Lipinski definition) is 8. The Kier molecular flexibility index (Phi) is 15.6. The standard InChI is InChI=1S/C37H52N8O8/c1-5-21(4)31(45-37(52)53-19-26-24-13-8-6-11-22(24)23-12-7-9-14-25(23)26)34(49)44-29(18-30(38)46)33(48)43-28(17-20(2)3)32(47)42-27(35(50)51)15-10-16-41-36(39)40/h6-9,11-14,20-21,26-29,31H,5,10,15-19H2,1-4H3,(H2,38,46)(H,42,47)(H,43,48)(H,44,49)(H,45,52)(H,50,51)(H4,39,40,41)/t21-,27-,28-,29-,31-/m0/s1. The zero-order valence-corrected chi connectivity index (χ0v) is 30.6. The van der Waals surface area contributed by atoms with Crippen LogP contribution in [0.1, 0.15) is 76.8 Å². The minimum absolute atomic E-state index is 0.00817. The molecule has 0 saturated carbocycles. The number of nitrogens with one attached hydrogen (secondary N) is 4. The second kappa shape index (κ2) is 19.8. The molecule has 288 valence electrons. The third-order valence-electron chi connectivity index (χ3n) is 9.05. The van der Waals surface area contributed by atoms with Gasteiger partial charge in [-0.3, -0.25) is 24.2 Å². The molecule has 53 heavy (non-hydrogen) atoms. The quantitative estimate of drug-likeness (QED) is 0.0551. The average Bonchev–Trinajstić information content (AvgIpc) is 3.42. The highest BCUT2D eigenvalue weighted by molar-refractivity contribution is 5.96. The lowest BCUT2D eigenvalue weighted by molar-refractivity contribution is -0.142. The van der Waals surface area contributed by atoms with Crippen molar-refractivity contribution in [3.63, 3.8) is 0 Å². The average molecular weight is 737 g/mol.